The normalized spacial score (nSPS) is 12.8. The van der Waals surface area contributed by atoms with Crippen LogP contribution in [0.1, 0.15) is 39.1 Å². The number of carbonyl (C=O) groups is 2. The summed E-state index contributed by atoms with van der Waals surface area (Å²) in [4.78, 5) is 24.8. The highest BCUT2D eigenvalue weighted by Crippen LogP contribution is 2.22. The van der Waals surface area contributed by atoms with Crippen LogP contribution >= 0.6 is 0 Å². The zero-order chi connectivity index (χ0) is 20.9. The van der Waals surface area contributed by atoms with E-state index in [0.29, 0.717) is 28.6 Å². The summed E-state index contributed by atoms with van der Waals surface area (Å²) < 4.78 is 18.8. The van der Waals surface area contributed by atoms with Gasteiger partial charge in [0.2, 0.25) is 0 Å². The number of benzene rings is 3. The van der Waals surface area contributed by atoms with Gasteiger partial charge in [0.15, 0.2) is 0 Å². The van der Waals surface area contributed by atoms with Gasteiger partial charge in [0.1, 0.15) is 18.2 Å². The van der Waals surface area contributed by atoms with Crippen LogP contribution in [-0.2, 0) is 6.61 Å². The van der Waals surface area contributed by atoms with Crippen LogP contribution < -0.4 is 15.4 Å². The number of ether oxygens (including phenoxy) is 1. The molecule has 0 aromatic heterocycles. The molecule has 0 saturated heterocycles. The Hall–Kier alpha value is -3.67. The average Bonchev–Trinajstić information content (AvgIpc) is 3.58. The van der Waals surface area contributed by atoms with Crippen molar-refractivity contribution in [3.05, 3.63) is 95.3 Å². The van der Waals surface area contributed by atoms with Crippen LogP contribution in [0.4, 0.5) is 10.1 Å². The zero-order valence-corrected chi connectivity index (χ0v) is 16.2. The van der Waals surface area contributed by atoms with Crippen LogP contribution in [0.15, 0.2) is 72.8 Å². The van der Waals surface area contributed by atoms with Gasteiger partial charge in [-0.05, 0) is 66.9 Å². The van der Waals surface area contributed by atoms with Crippen molar-refractivity contribution in [1.29, 1.82) is 0 Å². The third-order valence-electron chi connectivity index (χ3n) is 4.76. The third kappa shape index (κ3) is 5.03. The summed E-state index contributed by atoms with van der Waals surface area (Å²) in [5, 5.41) is 5.75. The van der Waals surface area contributed by atoms with Crippen molar-refractivity contribution in [2.45, 2.75) is 25.5 Å². The van der Waals surface area contributed by atoms with E-state index in [1.165, 1.54) is 12.1 Å². The minimum absolute atomic E-state index is 0.102. The summed E-state index contributed by atoms with van der Waals surface area (Å²) in [7, 11) is 0. The van der Waals surface area contributed by atoms with E-state index >= 15 is 0 Å². The number of rotatable bonds is 7. The highest BCUT2D eigenvalue weighted by molar-refractivity contribution is 6.06. The van der Waals surface area contributed by atoms with Crippen molar-refractivity contribution in [3.63, 3.8) is 0 Å². The summed E-state index contributed by atoms with van der Waals surface area (Å²) in [6, 6.07) is 20.0. The highest BCUT2D eigenvalue weighted by atomic mass is 19.1. The van der Waals surface area contributed by atoms with Gasteiger partial charge in [0.05, 0.1) is 5.56 Å². The Morgan fingerprint density at radius 1 is 0.900 bits per heavy atom. The van der Waals surface area contributed by atoms with Gasteiger partial charge in [-0.25, -0.2) is 4.39 Å². The molecule has 4 rings (SSSR count). The van der Waals surface area contributed by atoms with E-state index in [0.717, 1.165) is 18.4 Å². The van der Waals surface area contributed by atoms with Crippen LogP contribution in [0.2, 0.25) is 0 Å². The molecule has 30 heavy (non-hydrogen) atoms. The van der Waals surface area contributed by atoms with Gasteiger partial charge in [-0.2, -0.15) is 0 Å². The van der Waals surface area contributed by atoms with Gasteiger partial charge in [0, 0.05) is 17.3 Å². The maximum absolute atomic E-state index is 13.0. The van der Waals surface area contributed by atoms with E-state index < -0.39 is 0 Å². The topological polar surface area (TPSA) is 67.4 Å². The lowest BCUT2D eigenvalue weighted by Crippen LogP contribution is -2.25. The number of halogens is 1. The lowest BCUT2D eigenvalue weighted by Gasteiger charge is -2.12. The maximum atomic E-state index is 13.0. The van der Waals surface area contributed by atoms with Crippen molar-refractivity contribution in [2.75, 3.05) is 5.32 Å². The number of nitrogens with one attached hydrogen (secondary N) is 2. The van der Waals surface area contributed by atoms with Gasteiger partial charge in [-0.15, -0.1) is 0 Å². The molecule has 0 heterocycles. The first kappa shape index (κ1) is 19.6. The lowest BCUT2D eigenvalue weighted by molar-refractivity contribution is 0.0950. The molecule has 0 spiro atoms. The predicted octanol–water partition coefficient (Wildman–Crippen LogP) is 4.55. The molecule has 1 aliphatic carbocycles. The predicted molar refractivity (Wildman–Crippen MR) is 112 cm³/mol. The van der Waals surface area contributed by atoms with Gasteiger partial charge in [0.25, 0.3) is 11.8 Å². The molecule has 1 fully saturated rings. The van der Waals surface area contributed by atoms with Crippen molar-refractivity contribution in [2.24, 2.45) is 0 Å². The van der Waals surface area contributed by atoms with Crippen LogP contribution in [-0.4, -0.2) is 17.9 Å². The van der Waals surface area contributed by atoms with E-state index in [-0.39, 0.29) is 24.2 Å². The Morgan fingerprint density at radius 2 is 1.60 bits per heavy atom. The molecule has 0 aliphatic heterocycles. The molecule has 0 radical (unpaired) electrons. The largest absolute Gasteiger partial charge is 0.488 e. The highest BCUT2D eigenvalue weighted by Gasteiger charge is 2.23. The first-order valence-corrected chi connectivity index (χ1v) is 9.77. The molecular formula is C24H21FN2O3. The Labute approximate surface area is 173 Å². The van der Waals surface area contributed by atoms with Crippen LogP contribution in [0.3, 0.4) is 0 Å². The zero-order valence-electron chi connectivity index (χ0n) is 16.2. The maximum Gasteiger partial charge on any atom is 0.259 e. The first-order valence-electron chi connectivity index (χ1n) is 9.77. The van der Waals surface area contributed by atoms with E-state index in [2.05, 4.69) is 10.6 Å². The molecular weight excluding hydrogens is 383 g/mol. The molecule has 2 amide bonds. The summed E-state index contributed by atoms with van der Waals surface area (Å²) in [5.74, 6) is -0.302. The molecule has 3 aromatic carbocycles. The monoisotopic (exact) mass is 404 g/mol. The molecule has 1 aliphatic rings. The van der Waals surface area contributed by atoms with Crippen molar-refractivity contribution in [3.8, 4) is 5.75 Å². The number of hydrogen-bond acceptors (Lipinski definition) is 3. The second-order valence-electron chi connectivity index (χ2n) is 7.19. The first-order chi connectivity index (χ1) is 14.6. The molecule has 2 N–H and O–H groups in total. The van der Waals surface area contributed by atoms with Gasteiger partial charge < -0.3 is 15.4 Å². The summed E-state index contributed by atoms with van der Waals surface area (Å²) in [5.41, 5.74) is 2.32. The minimum Gasteiger partial charge on any atom is -0.488 e. The Morgan fingerprint density at radius 3 is 2.30 bits per heavy atom. The second kappa shape index (κ2) is 8.78. The molecule has 0 atom stereocenters. The Kier molecular flexibility index (Phi) is 5.75. The quantitative estimate of drug-likeness (QED) is 0.607. The van der Waals surface area contributed by atoms with Crippen LogP contribution in [0.5, 0.6) is 5.75 Å². The number of amides is 2. The third-order valence-corrected chi connectivity index (χ3v) is 4.76. The summed E-state index contributed by atoms with van der Waals surface area (Å²) >= 11 is 0. The molecule has 1 saturated carbocycles. The van der Waals surface area contributed by atoms with Crippen LogP contribution in [0, 0.1) is 5.82 Å². The molecule has 5 nitrogen and oxygen atoms in total. The van der Waals surface area contributed by atoms with E-state index in [9.17, 15) is 14.0 Å². The molecule has 6 heteroatoms. The number of para-hydroxylation sites is 1. The van der Waals surface area contributed by atoms with Crippen molar-refractivity contribution in [1.82, 2.24) is 5.32 Å². The number of hydrogen-bond donors (Lipinski definition) is 2. The average molecular weight is 404 g/mol. The molecule has 0 bridgehead atoms. The summed E-state index contributed by atoms with van der Waals surface area (Å²) in [6.07, 6.45) is 2.06. The molecule has 3 aromatic rings. The Bertz CT molecular complexity index is 1040. The fourth-order valence-corrected chi connectivity index (χ4v) is 2.92. The van der Waals surface area contributed by atoms with Gasteiger partial charge >= 0.3 is 0 Å². The van der Waals surface area contributed by atoms with Gasteiger partial charge in [-0.1, -0.05) is 24.3 Å². The number of anilines is 1. The molecule has 0 unspecified atom stereocenters. The number of carbonyl (C=O) groups excluding carboxylic acids is 2. The smallest absolute Gasteiger partial charge is 0.259 e. The summed E-state index contributed by atoms with van der Waals surface area (Å²) in [6.45, 7) is 0.218. The van der Waals surface area contributed by atoms with E-state index in [1.54, 1.807) is 60.7 Å². The SMILES string of the molecule is O=C(NC1CC1)c1ccc(NC(=O)c2ccccc2OCc2ccc(F)cc2)cc1. The fourth-order valence-electron chi connectivity index (χ4n) is 2.92. The fraction of sp³-hybridized carbons (Fsp3) is 0.167. The lowest BCUT2D eigenvalue weighted by atomic mass is 10.1. The minimum atomic E-state index is -0.320. The van der Waals surface area contributed by atoms with Crippen molar-refractivity contribution >= 4 is 17.5 Å². The van der Waals surface area contributed by atoms with E-state index in [1.807, 2.05) is 0 Å². The van der Waals surface area contributed by atoms with Crippen molar-refractivity contribution < 1.29 is 18.7 Å². The standard InChI is InChI=1S/C24H21FN2O3/c25-18-9-5-16(6-10-18)15-30-22-4-2-1-3-21(22)24(29)27-19-11-7-17(8-12-19)23(28)26-20-13-14-20/h1-12,20H,13-15H2,(H,26,28)(H,27,29). The molecule has 152 valence electrons. The van der Waals surface area contributed by atoms with Gasteiger partial charge in [-0.3, -0.25) is 9.59 Å². The Balaban J connectivity index is 1.40. The second-order valence-corrected chi connectivity index (χ2v) is 7.19. The van der Waals surface area contributed by atoms with Crippen LogP contribution in [0.25, 0.3) is 0 Å². The van der Waals surface area contributed by atoms with E-state index in [4.69, 9.17) is 4.74 Å².